The van der Waals surface area contributed by atoms with Crippen LogP contribution in [0.25, 0.3) is 0 Å². The highest BCUT2D eigenvalue weighted by atomic mass is 16.5. The van der Waals surface area contributed by atoms with Gasteiger partial charge in [-0.25, -0.2) is 4.79 Å². The number of ether oxygens (including phenoxy) is 1. The van der Waals surface area contributed by atoms with Crippen molar-refractivity contribution in [3.05, 3.63) is 66.0 Å². The second-order valence-corrected chi connectivity index (χ2v) is 6.22. The van der Waals surface area contributed by atoms with E-state index in [0.29, 0.717) is 11.5 Å². The standard InChI is InChI=1S/C21H24N6O2/c1-3-27(4-2)17-12-10-15(11-13-17)19(28)29-14-18-24-20(22)26-21(25-18)23-16-8-6-5-7-9-16/h5-13H,3-4,14H2,1-2H3,(H3,22,23,24,25,26). The predicted octanol–water partition coefficient (Wildman–Crippen LogP) is 3.40. The largest absolute Gasteiger partial charge is 0.454 e. The molecule has 3 aromatic rings. The molecule has 0 unspecified atom stereocenters. The molecule has 3 N–H and O–H groups in total. The maximum absolute atomic E-state index is 12.3. The van der Waals surface area contributed by atoms with Gasteiger partial charge in [0.05, 0.1) is 5.56 Å². The molecule has 0 spiro atoms. The number of carbonyl (C=O) groups is 1. The smallest absolute Gasteiger partial charge is 0.338 e. The van der Waals surface area contributed by atoms with Gasteiger partial charge in [0.25, 0.3) is 0 Å². The number of hydrogen-bond donors (Lipinski definition) is 2. The number of hydrogen-bond acceptors (Lipinski definition) is 8. The summed E-state index contributed by atoms with van der Waals surface area (Å²) in [4.78, 5) is 26.9. The molecule has 0 atom stereocenters. The Morgan fingerprint density at radius 2 is 1.69 bits per heavy atom. The average Bonchev–Trinajstić information content (AvgIpc) is 2.74. The molecule has 1 aromatic heterocycles. The Bertz CT molecular complexity index is 943. The minimum Gasteiger partial charge on any atom is -0.454 e. The third-order valence-electron chi connectivity index (χ3n) is 4.29. The Morgan fingerprint density at radius 1 is 1.00 bits per heavy atom. The topological polar surface area (TPSA) is 106 Å². The first-order valence-corrected chi connectivity index (χ1v) is 9.43. The summed E-state index contributed by atoms with van der Waals surface area (Å²) in [7, 11) is 0. The maximum Gasteiger partial charge on any atom is 0.338 e. The summed E-state index contributed by atoms with van der Waals surface area (Å²) in [5, 5.41) is 3.04. The van der Waals surface area contributed by atoms with Crippen LogP contribution < -0.4 is 16.0 Å². The van der Waals surface area contributed by atoms with Crippen LogP contribution in [0.4, 0.5) is 23.3 Å². The van der Waals surface area contributed by atoms with Gasteiger partial charge in [-0.3, -0.25) is 0 Å². The summed E-state index contributed by atoms with van der Waals surface area (Å²) in [6.07, 6.45) is 0. The van der Waals surface area contributed by atoms with Gasteiger partial charge in [0.15, 0.2) is 12.4 Å². The van der Waals surface area contributed by atoms with E-state index in [1.807, 2.05) is 42.5 Å². The molecule has 150 valence electrons. The third-order valence-corrected chi connectivity index (χ3v) is 4.29. The molecule has 0 saturated heterocycles. The van der Waals surface area contributed by atoms with Crippen LogP contribution in [-0.4, -0.2) is 34.0 Å². The van der Waals surface area contributed by atoms with Crippen LogP contribution >= 0.6 is 0 Å². The van der Waals surface area contributed by atoms with Crippen molar-refractivity contribution in [1.29, 1.82) is 0 Å². The van der Waals surface area contributed by atoms with Crippen LogP contribution in [0, 0.1) is 0 Å². The Morgan fingerprint density at radius 3 is 2.34 bits per heavy atom. The van der Waals surface area contributed by atoms with Crippen LogP contribution in [0.15, 0.2) is 54.6 Å². The lowest BCUT2D eigenvalue weighted by Gasteiger charge is -2.20. The first kappa shape index (κ1) is 20.1. The van der Waals surface area contributed by atoms with Gasteiger partial charge >= 0.3 is 5.97 Å². The number of nitrogens with zero attached hydrogens (tertiary/aromatic N) is 4. The molecule has 29 heavy (non-hydrogen) atoms. The SMILES string of the molecule is CCN(CC)c1ccc(C(=O)OCc2nc(N)nc(Nc3ccccc3)n2)cc1. The predicted molar refractivity (Wildman–Crippen MR) is 113 cm³/mol. The maximum atomic E-state index is 12.3. The number of nitrogens with two attached hydrogens (primary N) is 1. The van der Waals surface area contributed by atoms with Crippen LogP contribution in [0.5, 0.6) is 0 Å². The number of esters is 1. The first-order chi connectivity index (χ1) is 14.1. The van der Waals surface area contributed by atoms with Crippen molar-refractivity contribution in [2.45, 2.75) is 20.5 Å². The lowest BCUT2D eigenvalue weighted by molar-refractivity contribution is 0.0462. The van der Waals surface area contributed by atoms with Gasteiger partial charge in [0.1, 0.15) is 0 Å². The van der Waals surface area contributed by atoms with Gasteiger partial charge in [0.2, 0.25) is 11.9 Å². The summed E-state index contributed by atoms with van der Waals surface area (Å²) in [5.41, 5.74) is 8.10. The number of nitrogens with one attached hydrogen (secondary N) is 1. The summed E-state index contributed by atoms with van der Waals surface area (Å²) in [5.74, 6) is 0.156. The summed E-state index contributed by atoms with van der Waals surface area (Å²) in [6, 6.07) is 16.8. The van der Waals surface area contributed by atoms with E-state index in [1.54, 1.807) is 12.1 Å². The summed E-state index contributed by atoms with van der Waals surface area (Å²) in [6.45, 7) is 5.88. The fourth-order valence-corrected chi connectivity index (χ4v) is 2.82. The van der Waals surface area contributed by atoms with Gasteiger partial charge in [-0.05, 0) is 50.2 Å². The van der Waals surface area contributed by atoms with Crippen molar-refractivity contribution in [2.24, 2.45) is 0 Å². The minimum absolute atomic E-state index is 0.0491. The minimum atomic E-state index is -0.451. The number of rotatable bonds is 8. The highest BCUT2D eigenvalue weighted by molar-refractivity contribution is 5.89. The van der Waals surface area contributed by atoms with Gasteiger partial charge in [-0.2, -0.15) is 15.0 Å². The molecule has 0 fully saturated rings. The lowest BCUT2D eigenvalue weighted by atomic mass is 10.2. The van der Waals surface area contributed by atoms with Crippen molar-refractivity contribution in [3.63, 3.8) is 0 Å². The zero-order chi connectivity index (χ0) is 20.6. The Balaban J connectivity index is 1.64. The van der Waals surface area contributed by atoms with Gasteiger partial charge in [-0.15, -0.1) is 0 Å². The lowest BCUT2D eigenvalue weighted by Crippen LogP contribution is -2.21. The summed E-state index contributed by atoms with van der Waals surface area (Å²) >= 11 is 0. The number of para-hydroxylation sites is 1. The highest BCUT2D eigenvalue weighted by Gasteiger charge is 2.11. The number of benzene rings is 2. The number of nitrogen functional groups attached to an aromatic ring is 1. The molecule has 8 nitrogen and oxygen atoms in total. The van der Waals surface area contributed by atoms with Crippen LogP contribution in [0.2, 0.25) is 0 Å². The average molecular weight is 392 g/mol. The van der Waals surface area contributed by atoms with E-state index in [1.165, 1.54) is 0 Å². The van der Waals surface area contributed by atoms with Crippen molar-refractivity contribution >= 4 is 29.2 Å². The molecule has 3 rings (SSSR count). The molecule has 8 heteroatoms. The Hall–Kier alpha value is -3.68. The molecule has 0 aliphatic rings. The van der Waals surface area contributed by atoms with Gasteiger partial charge in [0, 0.05) is 24.5 Å². The van der Waals surface area contributed by atoms with Gasteiger partial charge < -0.3 is 20.7 Å². The molecule has 0 amide bonds. The fraction of sp³-hybridized carbons (Fsp3) is 0.238. The zero-order valence-electron chi connectivity index (χ0n) is 16.5. The summed E-state index contributed by atoms with van der Waals surface area (Å²) < 4.78 is 5.34. The second-order valence-electron chi connectivity index (χ2n) is 6.22. The zero-order valence-corrected chi connectivity index (χ0v) is 16.5. The molecule has 1 heterocycles. The number of anilines is 4. The number of aromatic nitrogens is 3. The monoisotopic (exact) mass is 392 g/mol. The molecule has 0 radical (unpaired) electrons. The third kappa shape index (κ3) is 5.41. The van der Waals surface area contributed by atoms with Gasteiger partial charge in [-0.1, -0.05) is 18.2 Å². The van der Waals surface area contributed by atoms with E-state index in [-0.39, 0.29) is 18.4 Å². The Kier molecular flexibility index (Phi) is 6.57. The van der Waals surface area contributed by atoms with Crippen LogP contribution in [0.1, 0.15) is 30.0 Å². The molecular formula is C21H24N6O2. The van der Waals surface area contributed by atoms with Crippen molar-refractivity contribution in [1.82, 2.24) is 15.0 Å². The highest BCUT2D eigenvalue weighted by Crippen LogP contribution is 2.16. The number of carbonyl (C=O) groups excluding carboxylic acids is 1. The fourth-order valence-electron chi connectivity index (χ4n) is 2.82. The van der Waals surface area contributed by atoms with Crippen LogP contribution in [-0.2, 0) is 11.3 Å². The van der Waals surface area contributed by atoms with E-state index in [0.717, 1.165) is 24.5 Å². The van der Waals surface area contributed by atoms with Crippen molar-refractivity contribution < 1.29 is 9.53 Å². The van der Waals surface area contributed by atoms with E-state index in [2.05, 4.69) is 39.0 Å². The van der Waals surface area contributed by atoms with Crippen molar-refractivity contribution in [3.8, 4) is 0 Å². The molecule has 0 bridgehead atoms. The first-order valence-electron chi connectivity index (χ1n) is 9.43. The van der Waals surface area contributed by atoms with E-state index < -0.39 is 5.97 Å². The van der Waals surface area contributed by atoms with E-state index in [4.69, 9.17) is 10.5 Å². The second kappa shape index (κ2) is 9.50. The normalized spacial score (nSPS) is 10.4. The quantitative estimate of drug-likeness (QED) is 0.562. The van der Waals surface area contributed by atoms with Crippen LogP contribution in [0.3, 0.4) is 0 Å². The molecule has 2 aromatic carbocycles. The van der Waals surface area contributed by atoms with E-state index >= 15 is 0 Å². The molecule has 0 saturated carbocycles. The van der Waals surface area contributed by atoms with E-state index in [9.17, 15) is 4.79 Å². The molecule has 0 aliphatic heterocycles. The molecule has 0 aliphatic carbocycles. The Labute approximate surface area is 169 Å². The molecular weight excluding hydrogens is 368 g/mol. The van der Waals surface area contributed by atoms with Crippen molar-refractivity contribution in [2.75, 3.05) is 29.0 Å².